The van der Waals surface area contributed by atoms with Crippen molar-refractivity contribution in [2.45, 2.75) is 32.7 Å². The van der Waals surface area contributed by atoms with E-state index in [2.05, 4.69) is 48.4 Å². The van der Waals surface area contributed by atoms with Crippen molar-refractivity contribution in [1.29, 1.82) is 0 Å². The van der Waals surface area contributed by atoms with Gasteiger partial charge in [-0.2, -0.15) is 0 Å². The summed E-state index contributed by atoms with van der Waals surface area (Å²) in [6.45, 7) is 7.38. The number of rotatable bonds is 4. The summed E-state index contributed by atoms with van der Waals surface area (Å²) in [5.41, 5.74) is 1.24. The van der Waals surface area contributed by atoms with Gasteiger partial charge in [-0.25, -0.2) is 0 Å². The molecule has 0 fully saturated rings. The third-order valence-electron chi connectivity index (χ3n) is 2.66. The van der Waals surface area contributed by atoms with Gasteiger partial charge < -0.3 is 5.32 Å². The van der Waals surface area contributed by atoms with Crippen molar-refractivity contribution in [3.8, 4) is 5.69 Å². The van der Waals surface area contributed by atoms with Gasteiger partial charge in [-0.1, -0.05) is 18.2 Å². The van der Waals surface area contributed by atoms with Crippen LogP contribution in [0.1, 0.15) is 26.6 Å². The number of hydrogen-bond acceptors (Lipinski definition) is 3. The molecule has 0 saturated heterocycles. The lowest BCUT2D eigenvalue weighted by atomic mass is 10.1. The quantitative estimate of drug-likeness (QED) is 0.896. The van der Waals surface area contributed by atoms with E-state index in [0.29, 0.717) is 0 Å². The highest BCUT2D eigenvalue weighted by atomic mass is 15.3. The molecule has 1 N–H and O–H groups in total. The van der Waals surface area contributed by atoms with E-state index < -0.39 is 0 Å². The average molecular weight is 244 g/mol. The minimum atomic E-state index is 0.137. The minimum absolute atomic E-state index is 0.137. The van der Waals surface area contributed by atoms with Crippen molar-refractivity contribution in [2.24, 2.45) is 0 Å². The van der Waals surface area contributed by atoms with E-state index in [1.54, 1.807) is 6.33 Å². The van der Waals surface area contributed by atoms with Gasteiger partial charge in [0.2, 0.25) is 0 Å². The first-order chi connectivity index (χ1) is 8.56. The second-order valence-electron chi connectivity index (χ2n) is 5.38. The number of nitrogens with one attached hydrogen (secondary N) is 1. The molecule has 96 valence electrons. The number of para-hydroxylation sites is 1. The maximum absolute atomic E-state index is 4.19. The van der Waals surface area contributed by atoms with Crippen LogP contribution in [0.25, 0.3) is 5.69 Å². The summed E-state index contributed by atoms with van der Waals surface area (Å²) < 4.78 is 2.03. The largest absolute Gasteiger partial charge is 0.312 e. The number of hydrogen-bond donors (Lipinski definition) is 1. The zero-order valence-electron chi connectivity index (χ0n) is 11.2. The van der Waals surface area contributed by atoms with Crippen molar-refractivity contribution in [3.63, 3.8) is 0 Å². The van der Waals surface area contributed by atoms with Crippen LogP contribution >= 0.6 is 0 Å². The van der Waals surface area contributed by atoms with Gasteiger partial charge in [0.1, 0.15) is 12.2 Å². The highest BCUT2D eigenvalue weighted by molar-refractivity contribution is 5.31. The summed E-state index contributed by atoms with van der Waals surface area (Å²) in [4.78, 5) is 0. The van der Waals surface area contributed by atoms with E-state index in [0.717, 1.165) is 24.5 Å². The van der Waals surface area contributed by atoms with Gasteiger partial charge in [0.05, 0.1) is 0 Å². The first-order valence-corrected chi connectivity index (χ1v) is 6.26. The Labute approximate surface area is 108 Å². The van der Waals surface area contributed by atoms with E-state index in [9.17, 15) is 0 Å². The smallest absolute Gasteiger partial charge is 0.138 e. The molecular formula is C14H20N4. The minimum Gasteiger partial charge on any atom is -0.312 e. The molecular weight excluding hydrogens is 224 g/mol. The Hall–Kier alpha value is -1.68. The zero-order chi connectivity index (χ0) is 13.0. The summed E-state index contributed by atoms with van der Waals surface area (Å²) in [7, 11) is 0. The summed E-state index contributed by atoms with van der Waals surface area (Å²) in [6.07, 6.45) is 2.63. The molecule has 1 aromatic carbocycles. The van der Waals surface area contributed by atoms with E-state index in [-0.39, 0.29) is 5.54 Å². The molecule has 0 saturated carbocycles. The first-order valence-electron chi connectivity index (χ1n) is 6.26. The molecule has 4 nitrogen and oxygen atoms in total. The van der Waals surface area contributed by atoms with E-state index >= 15 is 0 Å². The van der Waals surface area contributed by atoms with Crippen LogP contribution in [0.5, 0.6) is 0 Å². The van der Waals surface area contributed by atoms with Crippen LogP contribution in [-0.2, 0) is 6.42 Å². The highest BCUT2D eigenvalue weighted by Gasteiger charge is 2.10. The Morgan fingerprint density at radius 2 is 1.89 bits per heavy atom. The predicted octanol–water partition coefficient (Wildman–Crippen LogP) is 2.20. The van der Waals surface area contributed by atoms with Crippen molar-refractivity contribution in [2.75, 3.05) is 6.54 Å². The number of nitrogens with zero attached hydrogens (tertiary/aromatic N) is 3. The Kier molecular flexibility index (Phi) is 3.77. The standard InChI is InChI=1S/C14H20N4/c1-14(2,3)15-10-9-13-17-16-11-18(13)12-7-5-4-6-8-12/h4-8,11,15H,9-10H2,1-3H3. The van der Waals surface area contributed by atoms with Gasteiger partial charge in [0, 0.05) is 24.2 Å². The monoisotopic (exact) mass is 244 g/mol. The SMILES string of the molecule is CC(C)(C)NCCc1nncn1-c1ccccc1. The molecule has 0 atom stereocenters. The van der Waals surface area contributed by atoms with Crippen LogP contribution in [0.15, 0.2) is 36.7 Å². The van der Waals surface area contributed by atoms with Crippen LogP contribution in [0.3, 0.4) is 0 Å². The van der Waals surface area contributed by atoms with Gasteiger partial charge in [-0.05, 0) is 32.9 Å². The van der Waals surface area contributed by atoms with Crippen molar-refractivity contribution < 1.29 is 0 Å². The molecule has 2 aromatic rings. The Morgan fingerprint density at radius 1 is 1.17 bits per heavy atom. The Balaban J connectivity index is 2.05. The predicted molar refractivity (Wildman–Crippen MR) is 72.8 cm³/mol. The second-order valence-corrected chi connectivity index (χ2v) is 5.38. The number of aromatic nitrogens is 3. The first kappa shape index (κ1) is 12.8. The summed E-state index contributed by atoms with van der Waals surface area (Å²) in [5, 5.41) is 11.6. The Morgan fingerprint density at radius 3 is 2.56 bits per heavy atom. The van der Waals surface area contributed by atoms with E-state index in [4.69, 9.17) is 0 Å². The van der Waals surface area contributed by atoms with Gasteiger partial charge >= 0.3 is 0 Å². The second kappa shape index (κ2) is 5.31. The summed E-state index contributed by atoms with van der Waals surface area (Å²) >= 11 is 0. The fourth-order valence-electron chi connectivity index (χ4n) is 1.78. The third kappa shape index (κ3) is 3.40. The van der Waals surface area contributed by atoms with Gasteiger partial charge in [0.25, 0.3) is 0 Å². The molecule has 0 amide bonds. The van der Waals surface area contributed by atoms with E-state index in [1.807, 2.05) is 22.8 Å². The summed E-state index contributed by atoms with van der Waals surface area (Å²) in [5.74, 6) is 0.984. The topological polar surface area (TPSA) is 42.7 Å². The molecule has 0 spiro atoms. The van der Waals surface area contributed by atoms with Crippen molar-refractivity contribution >= 4 is 0 Å². The normalized spacial score (nSPS) is 11.7. The maximum Gasteiger partial charge on any atom is 0.138 e. The van der Waals surface area contributed by atoms with Gasteiger partial charge in [-0.3, -0.25) is 4.57 Å². The van der Waals surface area contributed by atoms with Crippen LogP contribution in [-0.4, -0.2) is 26.8 Å². The summed E-state index contributed by atoms with van der Waals surface area (Å²) in [6, 6.07) is 10.2. The molecule has 0 aliphatic rings. The lowest BCUT2D eigenvalue weighted by molar-refractivity contribution is 0.426. The van der Waals surface area contributed by atoms with Crippen molar-refractivity contribution in [3.05, 3.63) is 42.5 Å². The lowest BCUT2D eigenvalue weighted by Crippen LogP contribution is -2.37. The molecule has 1 aromatic heterocycles. The molecule has 0 unspecified atom stereocenters. The van der Waals surface area contributed by atoms with Crippen LogP contribution in [0.2, 0.25) is 0 Å². The van der Waals surface area contributed by atoms with Crippen LogP contribution in [0.4, 0.5) is 0 Å². The Bertz CT molecular complexity index is 482. The molecule has 0 radical (unpaired) electrons. The fraction of sp³-hybridized carbons (Fsp3) is 0.429. The molecule has 2 rings (SSSR count). The zero-order valence-corrected chi connectivity index (χ0v) is 11.2. The van der Waals surface area contributed by atoms with Gasteiger partial charge in [0.15, 0.2) is 0 Å². The average Bonchev–Trinajstić information content (AvgIpc) is 2.77. The molecule has 1 heterocycles. The molecule has 4 heteroatoms. The van der Waals surface area contributed by atoms with Gasteiger partial charge in [-0.15, -0.1) is 10.2 Å². The fourth-order valence-corrected chi connectivity index (χ4v) is 1.78. The molecule has 0 aliphatic carbocycles. The maximum atomic E-state index is 4.19. The van der Waals surface area contributed by atoms with Crippen LogP contribution in [0, 0.1) is 0 Å². The number of benzene rings is 1. The lowest BCUT2D eigenvalue weighted by Gasteiger charge is -2.20. The van der Waals surface area contributed by atoms with Crippen LogP contribution < -0.4 is 5.32 Å². The molecule has 0 bridgehead atoms. The van der Waals surface area contributed by atoms with E-state index in [1.165, 1.54) is 0 Å². The highest BCUT2D eigenvalue weighted by Crippen LogP contribution is 2.09. The molecule has 18 heavy (non-hydrogen) atoms. The van der Waals surface area contributed by atoms with Crippen molar-refractivity contribution in [1.82, 2.24) is 20.1 Å². The molecule has 0 aliphatic heterocycles. The third-order valence-corrected chi connectivity index (χ3v) is 2.66.